The molecule has 0 amide bonds. The molecular weight excluding hydrogens is 266 g/mol. The molecule has 0 aliphatic heterocycles. The lowest BCUT2D eigenvalue weighted by Crippen LogP contribution is -2.04. The summed E-state index contributed by atoms with van der Waals surface area (Å²) in [7, 11) is 0. The molecule has 0 radical (unpaired) electrons. The molecule has 3 rings (SSSR count). The third-order valence-corrected chi connectivity index (χ3v) is 4.39. The monoisotopic (exact) mass is 285 g/mol. The van der Waals surface area contributed by atoms with E-state index >= 15 is 0 Å². The van der Waals surface area contributed by atoms with Crippen molar-refractivity contribution in [3.63, 3.8) is 0 Å². The van der Waals surface area contributed by atoms with Crippen LogP contribution >= 0.6 is 11.3 Å². The second-order valence-electron chi connectivity index (χ2n) is 4.94. The van der Waals surface area contributed by atoms with Crippen LogP contribution in [0.1, 0.15) is 36.8 Å². The highest BCUT2D eigenvalue weighted by molar-refractivity contribution is 7.09. The van der Waals surface area contributed by atoms with E-state index in [1.54, 1.807) is 11.3 Å². The van der Waals surface area contributed by atoms with Gasteiger partial charge in [-0.15, -0.1) is 11.3 Å². The van der Waals surface area contributed by atoms with Crippen LogP contribution in [-0.2, 0) is 19.4 Å². The molecule has 0 saturated carbocycles. The Kier molecular flexibility index (Phi) is 3.83. The van der Waals surface area contributed by atoms with Gasteiger partial charge in [-0.2, -0.15) is 0 Å². The minimum atomic E-state index is 0.823. The molecule has 1 aromatic carbocycles. The topological polar surface area (TPSA) is 30.7 Å². The average molecular weight is 285 g/mol. The summed E-state index contributed by atoms with van der Waals surface area (Å²) in [6.45, 7) is 5.17. The van der Waals surface area contributed by atoms with Gasteiger partial charge in [0.05, 0.1) is 28.3 Å². The number of hydrogen-bond donors (Lipinski definition) is 0. The van der Waals surface area contributed by atoms with Crippen LogP contribution in [0.4, 0.5) is 0 Å². The summed E-state index contributed by atoms with van der Waals surface area (Å²) in [5.74, 6) is 1.14. The van der Waals surface area contributed by atoms with Crippen molar-refractivity contribution in [2.24, 2.45) is 0 Å². The lowest BCUT2D eigenvalue weighted by Gasteiger charge is -2.05. The molecule has 3 aromatic rings. The predicted molar refractivity (Wildman–Crippen MR) is 84.3 cm³/mol. The van der Waals surface area contributed by atoms with Crippen LogP contribution in [0, 0.1) is 0 Å². The Balaban J connectivity index is 1.96. The van der Waals surface area contributed by atoms with Gasteiger partial charge in [-0.3, -0.25) is 0 Å². The lowest BCUT2D eigenvalue weighted by atomic mass is 10.3. The predicted octanol–water partition coefficient (Wildman–Crippen LogP) is 4.06. The Hall–Kier alpha value is -1.68. The molecule has 0 aliphatic rings. The fraction of sp³-hybridized carbons (Fsp3) is 0.375. The second-order valence-corrected chi connectivity index (χ2v) is 5.88. The summed E-state index contributed by atoms with van der Waals surface area (Å²) in [6, 6.07) is 8.33. The molecule has 0 atom stereocenters. The van der Waals surface area contributed by atoms with Gasteiger partial charge in [0.2, 0.25) is 0 Å². The first kappa shape index (κ1) is 13.3. The molecule has 0 spiro atoms. The minimum Gasteiger partial charge on any atom is -0.322 e. The van der Waals surface area contributed by atoms with Gasteiger partial charge in [-0.25, -0.2) is 9.97 Å². The lowest BCUT2D eigenvalue weighted by molar-refractivity contribution is 0.736. The summed E-state index contributed by atoms with van der Waals surface area (Å²) in [6.07, 6.45) is 3.18. The zero-order valence-corrected chi connectivity index (χ0v) is 12.8. The number of imidazole rings is 1. The summed E-state index contributed by atoms with van der Waals surface area (Å²) in [5.41, 5.74) is 3.43. The third-order valence-electron chi connectivity index (χ3n) is 3.43. The van der Waals surface area contributed by atoms with E-state index in [1.807, 2.05) is 6.07 Å². The molecule has 0 aliphatic carbocycles. The van der Waals surface area contributed by atoms with E-state index in [-0.39, 0.29) is 0 Å². The highest BCUT2D eigenvalue weighted by atomic mass is 32.1. The number of thiazole rings is 1. The molecule has 2 aromatic heterocycles. The normalized spacial score (nSPS) is 11.3. The molecule has 4 heteroatoms. The van der Waals surface area contributed by atoms with Crippen LogP contribution in [0.3, 0.4) is 0 Å². The largest absolute Gasteiger partial charge is 0.322 e. The number of para-hydroxylation sites is 2. The molecule has 0 bridgehead atoms. The number of aryl methyl sites for hydroxylation is 2. The van der Waals surface area contributed by atoms with Crippen molar-refractivity contribution < 1.29 is 0 Å². The van der Waals surface area contributed by atoms with E-state index in [2.05, 4.69) is 42.0 Å². The Morgan fingerprint density at radius 1 is 1.15 bits per heavy atom. The number of nitrogens with zero attached hydrogens (tertiary/aromatic N) is 3. The first-order chi connectivity index (χ1) is 9.81. The molecule has 3 nitrogen and oxygen atoms in total. The van der Waals surface area contributed by atoms with Gasteiger partial charge >= 0.3 is 0 Å². The average Bonchev–Trinajstić information content (AvgIpc) is 3.05. The maximum atomic E-state index is 4.73. The quantitative estimate of drug-likeness (QED) is 0.708. The Morgan fingerprint density at radius 3 is 2.80 bits per heavy atom. The summed E-state index contributed by atoms with van der Waals surface area (Å²) >= 11 is 1.77. The van der Waals surface area contributed by atoms with Crippen LogP contribution in [0.25, 0.3) is 11.0 Å². The van der Waals surface area contributed by atoms with Crippen LogP contribution in [0.15, 0.2) is 29.6 Å². The first-order valence-corrected chi connectivity index (χ1v) is 8.07. The van der Waals surface area contributed by atoms with Crippen molar-refractivity contribution in [1.82, 2.24) is 14.5 Å². The Labute approximate surface area is 123 Å². The van der Waals surface area contributed by atoms with Crippen LogP contribution in [0.5, 0.6) is 0 Å². The SMILES string of the molecule is CCCc1nc(Cn2c(CC)nc3ccccc32)cs1. The summed E-state index contributed by atoms with van der Waals surface area (Å²) in [4.78, 5) is 9.44. The van der Waals surface area contributed by atoms with Crippen LogP contribution < -0.4 is 0 Å². The van der Waals surface area contributed by atoms with E-state index in [0.717, 1.165) is 42.8 Å². The Bertz CT molecular complexity index is 711. The summed E-state index contributed by atoms with van der Waals surface area (Å²) < 4.78 is 2.29. The number of hydrogen-bond acceptors (Lipinski definition) is 3. The van der Waals surface area contributed by atoms with Gasteiger partial charge in [0.1, 0.15) is 5.82 Å². The van der Waals surface area contributed by atoms with Crippen molar-refractivity contribution in [3.05, 3.63) is 46.2 Å². The van der Waals surface area contributed by atoms with Crippen LogP contribution in [0.2, 0.25) is 0 Å². The summed E-state index contributed by atoms with van der Waals surface area (Å²) in [5, 5.41) is 3.42. The number of rotatable bonds is 5. The maximum Gasteiger partial charge on any atom is 0.109 e. The molecular formula is C16H19N3S. The Morgan fingerprint density at radius 2 is 2.00 bits per heavy atom. The van der Waals surface area contributed by atoms with Gasteiger partial charge in [0, 0.05) is 11.8 Å². The van der Waals surface area contributed by atoms with E-state index in [9.17, 15) is 0 Å². The molecule has 0 fully saturated rings. The highest BCUT2D eigenvalue weighted by Crippen LogP contribution is 2.19. The van der Waals surface area contributed by atoms with Crippen molar-refractivity contribution in [1.29, 1.82) is 0 Å². The van der Waals surface area contributed by atoms with Gasteiger partial charge in [0.15, 0.2) is 0 Å². The molecule has 20 heavy (non-hydrogen) atoms. The van der Waals surface area contributed by atoms with E-state index in [4.69, 9.17) is 9.97 Å². The van der Waals surface area contributed by atoms with Crippen molar-refractivity contribution in [2.45, 2.75) is 39.7 Å². The number of fused-ring (bicyclic) bond motifs is 1. The fourth-order valence-electron chi connectivity index (χ4n) is 2.48. The minimum absolute atomic E-state index is 0.823. The number of benzene rings is 1. The molecule has 104 valence electrons. The van der Waals surface area contributed by atoms with Crippen molar-refractivity contribution in [2.75, 3.05) is 0 Å². The number of aromatic nitrogens is 3. The second kappa shape index (κ2) is 5.75. The fourth-order valence-corrected chi connectivity index (χ4v) is 3.38. The van der Waals surface area contributed by atoms with E-state index in [0.29, 0.717) is 0 Å². The third kappa shape index (κ3) is 2.48. The zero-order valence-electron chi connectivity index (χ0n) is 12.0. The van der Waals surface area contributed by atoms with Gasteiger partial charge in [-0.1, -0.05) is 26.0 Å². The van der Waals surface area contributed by atoms with Gasteiger partial charge in [-0.05, 0) is 25.0 Å². The highest BCUT2D eigenvalue weighted by Gasteiger charge is 2.10. The van der Waals surface area contributed by atoms with Crippen molar-refractivity contribution in [3.8, 4) is 0 Å². The van der Waals surface area contributed by atoms with Crippen molar-refractivity contribution >= 4 is 22.4 Å². The van der Waals surface area contributed by atoms with Crippen LogP contribution in [-0.4, -0.2) is 14.5 Å². The first-order valence-electron chi connectivity index (χ1n) is 7.19. The maximum absolute atomic E-state index is 4.73. The van der Waals surface area contributed by atoms with E-state index < -0.39 is 0 Å². The smallest absolute Gasteiger partial charge is 0.109 e. The zero-order chi connectivity index (χ0) is 13.9. The molecule has 0 saturated heterocycles. The standard InChI is InChI=1S/C16H19N3S/c1-3-7-16-17-12(11-20-16)10-19-14-9-6-5-8-13(14)18-15(19)4-2/h5-6,8-9,11H,3-4,7,10H2,1-2H3. The van der Waals surface area contributed by atoms with Gasteiger partial charge in [0.25, 0.3) is 0 Å². The molecule has 0 unspecified atom stereocenters. The van der Waals surface area contributed by atoms with E-state index in [1.165, 1.54) is 10.5 Å². The molecule has 0 N–H and O–H groups in total. The molecule has 2 heterocycles. The van der Waals surface area contributed by atoms with Gasteiger partial charge < -0.3 is 4.57 Å².